The number of nitrogen functional groups attached to an aromatic ring is 1. The van der Waals surface area contributed by atoms with E-state index in [1.165, 1.54) is 10.7 Å². The summed E-state index contributed by atoms with van der Waals surface area (Å²) in [6.45, 7) is 1.24. The van der Waals surface area contributed by atoms with Gasteiger partial charge in [-0.3, -0.25) is 15.7 Å². The quantitative estimate of drug-likeness (QED) is 0.398. The Balaban J connectivity index is 1.46. The number of nitrogens with one attached hydrogen (secondary N) is 3. The molecule has 0 amide bonds. The van der Waals surface area contributed by atoms with Crippen molar-refractivity contribution in [2.24, 2.45) is 0 Å². The lowest BCUT2D eigenvalue weighted by Crippen LogP contribution is -2.50. The lowest BCUT2D eigenvalue weighted by molar-refractivity contribution is 0.113. The molecule has 0 aliphatic carbocycles. The van der Waals surface area contributed by atoms with Crippen molar-refractivity contribution in [1.29, 1.82) is 5.41 Å². The number of pyridine rings is 1. The van der Waals surface area contributed by atoms with Gasteiger partial charge in [-0.15, -0.1) is 0 Å². The van der Waals surface area contributed by atoms with Crippen LogP contribution in [-0.2, 0) is 12.2 Å². The second-order valence-electron chi connectivity index (χ2n) is 8.22. The van der Waals surface area contributed by atoms with E-state index in [1.807, 2.05) is 6.07 Å². The molecule has 1 saturated heterocycles. The van der Waals surface area contributed by atoms with Gasteiger partial charge in [0, 0.05) is 24.6 Å². The predicted molar refractivity (Wildman–Crippen MR) is 121 cm³/mol. The minimum absolute atomic E-state index is 0.00185. The van der Waals surface area contributed by atoms with Crippen molar-refractivity contribution in [2.75, 3.05) is 23.0 Å². The van der Waals surface area contributed by atoms with Crippen LogP contribution in [0.3, 0.4) is 0 Å². The summed E-state index contributed by atoms with van der Waals surface area (Å²) < 4.78 is 21.3. The van der Waals surface area contributed by atoms with Gasteiger partial charge in [0.25, 0.3) is 0 Å². The van der Waals surface area contributed by atoms with Crippen molar-refractivity contribution in [3.05, 3.63) is 57.5 Å². The standard InChI is InChI=1S/C20H22Cl2FN9O/c21-15-11(8-13(23)16(22)26-15)10-31-6-2-1-4-12(31)9-20(14-5-3-7-33-14)29-19-28-17(24)27-18(25)32(19)30-20/h3,5,7-8,12,30H,1-2,4,6,9-10H2,(H4,24,25,27,28,29). The number of piperidine rings is 1. The average Bonchev–Trinajstić information content (AvgIpc) is 3.42. The third-order valence-electron chi connectivity index (χ3n) is 6.06. The minimum Gasteiger partial charge on any atom is -0.465 e. The first-order valence-corrected chi connectivity index (χ1v) is 11.3. The maximum absolute atomic E-state index is 14.1. The zero-order chi connectivity index (χ0) is 23.2. The number of nitrogens with two attached hydrogens (primary N) is 1. The van der Waals surface area contributed by atoms with Crippen LogP contribution in [0.1, 0.15) is 37.0 Å². The molecule has 2 aliphatic rings. The van der Waals surface area contributed by atoms with Crippen molar-refractivity contribution in [2.45, 2.75) is 43.9 Å². The molecule has 1 fully saturated rings. The van der Waals surface area contributed by atoms with Crippen molar-refractivity contribution < 1.29 is 8.81 Å². The fourth-order valence-corrected chi connectivity index (χ4v) is 4.92. The van der Waals surface area contributed by atoms with Crippen molar-refractivity contribution >= 4 is 35.1 Å². The van der Waals surface area contributed by atoms with Gasteiger partial charge in [-0.05, 0) is 37.6 Å². The molecule has 0 aromatic carbocycles. The van der Waals surface area contributed by atoms with Crippen molar-refractivity contribution in [1.82, 2.24) is 24.5 Å². The molecule has 2 aliphatic heterocycles. The third kappa shape index (κ3) is 4.11. The number of furan rings is 1. The van der Waals surface area contributed by atoms with E-state index in [4.69, 9.17) is 38.8 Å². The first-order valence-electron chi connectivity index (χ1n) is 10.5. The fourth-order valence-electron chi connectivity index (χ4n) is 4.54. The van der Waals surface area contributed by atoms with E-state index >= 15 is 0 Å². The van der Waals surface area contributed by atoms with Crippen LogP contribution < -0.4 is 22.1 Å². The highest BCUT2D eigenvalue weighted by Gasteiger charge is 2.45. The summed E-state index contributed by atoms with van der Waals surface area (Å²) in [7, 11) is 0. The fraction of sp³-hybridized carbons (Fsp3) is 0.400. The first kappa shape index (κ1) is 21.9. The van der Waals surface area contributed by atoms with Gasteiger partial charge < -0.3 is 15.5 Å². The topological polar surface area (TPSA) is 134 Å². The average molecular weight is 494 g/mol. The molecule has 0 radical (unpaired) electrons. The molecule has 5 rings (SSSR count). The Hall–Kier alpha value is -2.89. The van der Waals surface area contributed by atoms with Crippen LogP contribution in [-0.4, -0.2) is 37.1 Å². The zero-order valence-corrected chi connectivity index (χ0v) is 19.0. The van der Waals surface area contributed by atoms with E-state index in [2.05, 4.69) is 30.6 Å². The molecule has 0 saturated carbocycles. The van der Waals surface area contributed by atoms with Crippen LogP contribution in [0, 0.1) is 11.2 Å². The molecule has 5 heterocycles. The Labute approximate surface area is 198 Å². The molecule has 3 aromatic heterocycles. The molecule has 5 N–H and O–H groups in total. The molecule has 174 valence electrons. The highest BCUT2D eigenvalue weighted by Crippen LogP contribution is 2.37. The molecular weight excluding hydrogens is 472 g/mol. The Kier molecular flexibility index (Phi) is 5.63. The molecule has 0 spiro atoms. The van der Waals surface area contributed by atoms with Crippen LogP contribution in [0.25, 0.3) is 0 Å². The number of aromatic nitrogens is 4. The van der Waals surface area contributed by atoms with Crippen LogP contribution in [0.5, 0.6) is 0 Å². The molecule has 2 atom stereocenters. The summed E-state index contributed by atoms with van der Waals surface area (Å²) in [4.78, 5) is 14.3. The smallest absolute Gasteiger partial charge is 0.247 e. The normalized spacial score (nSPS) is 22.6. The maximum atomic E-state index is 14.1. The number of likely N-dealkylation sites (tertiary alicyclic amines) is 1. The number of hydrogen-bond acceptors (Lipinski definition) is 9. The Morgan fingerprint density at radius 3 is 2.91 bits per heavy atom. The predicted octanol–water partition coefficient (Wildman–Crippen LogP) is 3.04. The third-order valence-corrected chi connectivity index (χ3v) is 6.65. The van der Waals surface area contributed by atoms with E-state index in [-0.39, 0.29) is 27.9 Å². The first-order chi connectivity index (χ1) is 15.8. The second kappa shape index (κ2) is 8.47. The molecule has 2 unspecified atom stereocenters. The van der Waals surface area contributed by atoms with Gasteiger partial charge in [0.05, 0.1) is 6.26 Å². The molecule has 13 heteroatoms. The lowest BCUT2D eigenvalue weighted by atomic mass is 9.90. The van der Waals surface area contributed by atoms with E-state index in [0.29, 0.717) is 30.2 Å². The van der Waals surface area contributed by atoms with Crippen LogP contribution in [0.4, 0.5) is 16.3 Å². The molecule has 0 bridgehead atoms. The van der Waals surface area contributed by atoms with Crippen LogP contribution in [0.15, 0.2) is 28.9 Å². The van der Waals surface area contributed by atoms with Gasteiger partial charge in [0.15, 0.2) is 22.4 Å². The Morgan fingerprint density at radius 2 is 2.12 bits per heavy atom. The summed E-state index contributed by atoms with van der Waals surface area (Å²) in [5, 5.41) is 11.5. The summed E-state index contributed by atoms with van der Waals surface area (Å²) in [5.41, 5.74) is 8.68. The number of hydrogen-bond donors (Lipinski definition) is 4. The van der Waals surface area contributed by atoms with Crippen molar-refractivity contribution in [3.63, 3.8) is 0 Å². The number of anilines is 2. The Morgan fingerprint density at radius 1 is 1.27 bits per heavy atom. The molecular formula is C20H22Cl2FN9O. The monoisotopic (exact) mass is 493 g/mol. The maximum Gasteiger partial charge on any atom is 0.247 e. The second-order valence-corrected chi connectivity index (χ2v) is 8.94. The van der Waals surface area contributed by atoms with E-state index in [0.717, 1.165) is 25.8 Å². The van der Waals surface area contributed by atoms with Gasteiger partial charge in [-0.1, -0.05) is 29.6 Å². The van der Waals surface area contributed by atoms with Gasteiger partial charge in [-0.2, -0.15) is 14.6 Å². The van der Waals surface area contributed by atoms with Gasteiger partial charge in [0.1, 0.15) is 5.15 Å². The SMILES string of the molecule is N=c1nc(N)nc2n1NC(CC1CCCCN1Cc1cc(F)c(Cl)nc1Cl)(c1ccco1)N2. The van der Waals surface area contributed by atoms with Crippen molar-refractivity contribution in [3.8, 4) is 0 Å². The summed E-state index contributed by atoms with van der Waals surface area (Å²) >= 11 is 12.0. The lowest BCUT2D eigenvalue weighted by Gasteiger charge is -2.40. The van der Waals surface area contributed by atoms with E-state index in [1.54, 1.807) is 12.3 Å². The minimum atomic E-state index is -0.887. The number of nitrogens with zero attached hydrogens (tertiary/aromatic N) is 5. The van der Waals surface area contributed by atoms with Crippen LogP contribution >= 0.6 is 23.2 Å². The molecule has 33 heavy (non-hydrogen) atoms. The van der Waals surface area contributed by atoms with E-state index < -0.39 is 11.5 Å². The number of fused-ring (bicyclic) bond motifs is 1. The summed E-state index contributed by atoms with van der Waals surface area (Å²) in [6, 6.07) is 5.08. The molecule has 10 nitrogen and oxygen atoms in total. The van der Waals surface area contributed by atoms with Gasteiger partial charge >= 0.3 is 0 Å². The van der Waals surface area contributed by atoms with Gasteiger partial charge in [-0.25, -0.2) is 9.37 Å². The zero-order valence-electron chi connectivity index (χ0n) is 17.5. The summed E-state index contributed by atoms with van der Waals surface area (Å²) in [6.07, 6.45) is 5.13. The largest absolute Gasteiger partial charge is 0.465 e. The Bertz CT molecular complexity index is 1240. The van der Waals surface area contributed by atoms with Gasteiger partial charge in [0.2, 0.25) is 17.5 Å². The number of halogens is 3. The van der Waals surface area contributed by atoms with E-state index in [9.17, 15) is 4.39 Å². The molecule has 3 aromatic rings. The highest BCUT2D eigenvalue weighted by atomic mass is 35.5. The highest BCUT2D eigenvalue weighted by molar-refractivity contribution is 6.32. The van der Waals surface area contributed by atoms with Crippen LogP contribution in [0.2, 0.25) is 10.3 Å². The number of rotatable bonds is 5. The summed E-state index contributed by atoms with van der Waals surface area (Å²) in [5.74, 6) is 0.413.